The van der Waals surface area contributed by atoms with Crippen LogP contribution in [0.15, 0.2) is 0 Å². The van der Waals surface area contributed by atoms with Crippen LogP contribution in [0.3, 0.4) is 0 Å². The maximum Gasteiger partial charge on any atom is 0.0777 e. The molecule has 0 saturated heterocycles. The molecule has 0 atom stereocenters. The average molecular weight is 190 g/mol. The minimum atomic E-state index is -4.69. The molecule has 52 valence electrons. The topological polar surface area (TPSA) is 113 Å². The second-order valence-electron chi connectivity index (χ2n) is 0.620. The molecule has 0 aliphatic heterocycles. The molecule has 1 N–H and O–H groups in total. The van der Waals surface area contributed by atoms with Crippen molar-refractivity contribution >= 4 is 60.5 Å². The van der Waals surface area contributed by atoms with E-state index in [1.807, 2.05) is 0 Å². The zero-order valence-corrected chi connectivity index (χ0v) is 4.75. The summed E-state index contributed by atoms with van der Waals surface area (Å²) in [6.45, 7) is 0. The maximum atomic E-state index is 8.60. The summed E-state index contributed by atoms with van der Waals surface area (Å²) in [5.74, 6) is 1.75. The van der Waals surface area contributed by atoms with Crippen molar-refractivity contribution in [1.82, 2.24) is 0 Å². The molecule has 0 heterocycles. The van der Waals surface area contributed by atoms with E-state index in [0.717, 1.165) is 0 Å². The Balaban J connectivity index is -0.0000000326. The van der Waals surface area contributed by atoms with E-state index in [9.17, 15) is 0 Å². The third-order valence-electron chi connectivity index (χ3n) is 0. The van der Waals surface area contributed by atoms with Gasteiger partial charge in [-0.25, -0.2) is 5.26 Å². The van der Waals surface area contributed by atoms with Crippen LogP contribution in [0, 0.1) is 21.5 Å². The molecule has 0 aromatic rings. The quantitative estimate of drug-likeness (QED) is 0.381. The van der Waals surface area contributed by atoms with E-state index in [-0.39, 0.29) is 52.6 Å². The molecule has 5 nitrogen and oxygen atoms in total. The van der Waals surface area contributed by atoms with Gasteiger partial charge in [0.15, 0.2) is 0 Å². The Kier molecular flexibility index (Phi) is 29.4. The summed E-state index contributed by atoms with van der Waals surface area (Å²) >= 11 is 0. The Morgan fingerprint density at radius 3 is 1.40 bits per heavy atom. The Hall–Kier alpha value is 1.45. The van der Waals surface area contributed by atoms with Crippen molar-refractivity contribution in [1.29, 1.82) is 5.26 Å². The predicted octanol–water partition coefficient (Wildman–Crippen LogP) is -6.59. The molecular formula is CH6BClMgNNaO4. The Morgan fingerprint density at radius 1 is 1.40 bits per heavy atom. The fourth-order valence-electron chi connectivity index (χ4n) is 0. The molecule has 10 heavy (non-hydrogen) atoms. The summed E-state index contributed by atoms with van der Waals surface area (Å²) in [5, 5.41) is 7.32. The Bertz CT molecular complexity index is 86.2. The molecule has 0 aliphatic rings. The standard InChI is InChI=1S/CH2BN.ClHO4.Mg.Na.3H/c2-1-3;2-1(3,4)5;;;;;/h2H2;(H,2,3,4,5);;;;;. The van der Waals surface area contributed by atoms with E-state index in [2.05, 4.69) is 0 Å². The number of hydrogen-bond acceptors (Lipinski definition) is 5. The fraction of sp³-hybridized carbons (Fsp3) is 0. The van der Waals surface area contributed by atoms with Gasteiger partial charge in [0.2, 0.25) is 7.85 Å². The fourth-order valence-corrected chi connectivity index (χ4v) is 0. The second-order valence-corrected chi connectivity index (χ2v) is 1.41. The SMILES string of the molecule is BC#N.[MgH2].[NaH].[O-][Cl+3]([O-])([O-])O. The van der Waals surface area contributed by atoms with Crippen molar-refractivity contribution < 1.29 is 28.9 Å². The first-order valence-electron chi connectivity index (χ1n) is 1.36. The van der Waals surface area contributed by atoms with Crippen molar-refractivity contribution in [2.45, 2.75) is 0 Å². The summed E-state index contributed by atoms with van der Waals surface area (Å²) in [5.41, 5.74) is 0. The smallest absolute Gasteiger partial charge is 0.0777 e. The number of hydrogen-bond donors (Lipinski definition) is 1. The maximum absolute atomic E-state index is 8.60. The molecule has 0 bridgehead atoms. The van der Waals surface area contributed by atoms with Crippen LogP contribution >= 0.6 is 0 Å². The largest absolute Gasteiger partial charge is 0.183 e. The molecule has 0 aromatic carbocycles. The van der Waals surface area contributed by atoms with Gasteiger partial charge in [-0.3, -0.25) is 0 Å². The first-order valence-corrected chi connectivity index (χ1v) is 2.62. The summed E-state index contributed by atoms with van der Waals surface area (Å²) in [6.07, 6.45) is 0. The monoisotopic (exact) mass is 189 g/mol. The summed E-state index contributed by atoms with van der Waals surface area (Å²) < 4.78 is 32.7. The van der Waals surface area contributed by atoms with Crippen molar-refractivity contribution in [3.63, 3.8) is 0 Å². The first kappa shape index (κ1) is 22.5. The van der Waals surface area contributed by atoms with Crippen molar-refractivity contribution in [2.75, 3.05) is 0 Å². The molecule has 0 spiro atoms. The van der Waals surface area contributed by atoms with Gasteiger partial charge in [-0.1, -0.05) is 0 Å². The van der Waals surface area contributed by atoms with Gasteiger partial charge < -0.3 is 0 Å². The van der Waals surface area contributed by atoms with Crippen molar-refractivity contribution in [3.8, 4) is 5.97 Å². The molecular weight excluding hydrogens is 184 g/mol. The molecule has 0 unspecified atom stereocenters. The minimum absolute atomic E-state index is 0. The zero-order valence-electron chi connectivity index (χ0n) is 4.00. The Morgan fingerprint density at radius 2 is 1.40 bits per heavy atom. The van der Waals surface area contributed by atoms with Crippen LogP contribution in [0.2, 0.25) is 0 Å². The summed E-state index contributed by atoms with van der Waals surface area (Å²) in [6, 6.07) is 0. The third-order valence-corrected chi connectivity index (χ3v) is 0. The predicted molar refractivity (Wildman–Crippen MR) is 32.1 cm³/mol. The second kappa shape index (κ2) is 13.1. The van der Waals surface area contributed by atoms with Gasteiger partial charge >= 0.3 is 52.6 Å². The molecule has 0 rings (SSSR count). The summed E-state index contributed by atoms with van der Waals surface area (Å²) in [7, 11) is -3.26. The van der Waals surface area contributed by atoms with Crippen LogP contribution in [-0.2, 0) is 0 Å². The number of nitrogens with zero attached hydrogens (tertiary/aromatic N) is 1. The average Bonchev–Trinajstić information content (AvgIpc) is 1.27. The molecule has 0 aliphatic carbocycles. The zero-order chi connectivity index (χ0) is 7.21. The molecule has 0 saturated carbocycles. The minimum Gasteiger partial charge on any atom is -0.183 e. The van der Waals surface area contributed by atoms with E-state index in [4.69, 9.17) is 23.9 Å². The summed E-state index contributed by atoms with van der Waals surface area (Å²) in [4.78, 5) is 0. The molecule has 0 radical (unpaired) electrons. The van der Waals surface area contributed by atoms with Crippen LogP contribution in [0.4, 0.5) is 0 Å². The van der Waals surface area contributed by atoms with Gasteiger partial charge in [-0.05, 0) is 5.97 Å². The van der Waals surface area contributed by atoms with E-state index < -0.39 is 10.2 Å². The number of halogens is 1. The van der Waals surface area contributed by atoms with E-state index in [1.165, 1.54) is 7.85 Å². The Labute approximate surface area is 99.6 Å². The van der Waals surface area contributed by atoms with E-state index in [1.54, 1.807) is 5.97 Å². The molecule has 0 amide bonds. The van der Waals surface area contributed by atoms with Gasteiger partial charge in [-0.2, -0.15) is 14.0 Å². The number of rotatable bonds is 0. The third kappa shape index (κ3) is 321. The molecule has 0 aromatic heterocycles. The molecule has 0 fully saturated rings. The van der Waals surface area contributed by atoms with E-state index in [0.29, 0.717) is 0 Å². The van der Waals surface area contributed by atoms with Crippen LogP contribution in [0.25, 0.3) is 0 Å². The number of nitriles is 1. The normalized spacial score (nSPS) is 6.70. The van der Waals surface area contributed by atoms with Gasteiger partial charge in [0, 0.05) is 0 Å². The first-order chi connectivity index (χ1) is 3.41. The molecule has 9 heteroatoms. The van der Waals surface area contributed by atoms with Crippen molar-refractivity contribution in [3.05, 3.63) is 0 Å². The van der Waals surface area contributed by atoms with Gasteiger partial charge in [0.05, 0.1) is 14.9 Å². The van der Waals surface area contributed by atoms with Gasteiger partial charge in [0.25, 0.3) is 0 Å². The van der Waals surface area contributed by atoms with Crippen LogP contribution < -0.4 is 14.0 Å². The van der Waals surface area contributed by atoms with Crippen LogP contribution in [0.1, 0.15) is 0 Å². The van der Waals surface area contributed by atoms with Gasteiger partial charge in [0.1, 0.15) is 0 Å². The van der Waals surface area contributed by atoms with E-state index >= 15 is 0 Å². The van der Waals surface area contributed by atoms with Crippen LogP contribution in [0.5, 0.6) is 0 Å². The van der Waals surface area contributed by atoms with Crippen LogP contribution in [-0.4, -0.2) is 65.1 Å². The van der Waals surface area contributed by atoms with Gasteiger partial charge in [-0.15, -0.1) is 0 Å². The van der Waals surface area contributed by atoms with Crippen molar-refractivity contribution in [2.24, 2.45) is 0 Å².